The standard InChI is InChI=1S/C19H15FN4S/c20-16-8-6-15(7-9-16)19-21-17(13-25-19)10-11-24-12-18(22-23-24)14-4-2-1-3-5-14/h1-9,12-13H,10-11H2. The molecule has 0 bridgehead atoms. The van der Waals surface area contributed by atoms with Crippen molar-refractivity contribution in [3.63, 3.8) is 0 Å². The van der Waals surface area contributed by atoms with Crippen LogP contribution in [0, 0.1) is 5.82 Å². The fourth-order valence-corrected chi connectivity index (χ4v) is 3.39. The van der Waals surface area contributed by atoms with E-state index >= 15 is 0 Å². The molecule has 124 valence electrons. The summed E-state index contributed by atoms with van der Waals surface area (Å²) in [5.41, 5.74) is 3.86. The molecule has 0 saturated carbocycles. The SMILES string of the molecule is Fc1ccc(-c2nc(CCn3cc(-c4ccccc4)nn3)cs2)cc1. The smallest absolute Gasteiger partial charge is 0.123 e. The number of thiazole rings is 1. The summed E-state index contributed by atoms with van der Waals surface area (Å²) in [6.07, 6.45) is 2.72. The zero-order valence-electron chi connectivity index (χ0n) is 13.3. The van der Waals surface area contributed by atoms with Gasteiger partial charge in [-0.2, -0.15) is 0 Å². The highest BCUT2D eigenvalue weighted by Gasteiger charge is 2.07. The highest BCUT2D eigenvalue weighted by Crippen LogP contribution is 2.24. The summed E-state index contributed by atoms with van der Waals surface area (Å²) in [7, 11) is 0. The van der Waals surface area contributed by atoms with E-state index < -0.39 is 0 Å². The van der Waals surface area contributed by atoms with Crippen molar-refractivity contribution in [2.24, 2.45) is 0 Å². The van der Waals surface area contributed by atoms with Crippen molar-refractivity contribution in [3.05, 3.63) is 77.7 Å². The Hall–Kier alpha value is -2.86. The van der Waals surface area contributed by atoms with Gasteiger partial charge in [0.2, 0.25) is 0 Å². The third kappa shape index (κ3) is 3.64. The van der Waals surface area contributed by atoms with Gasteiger partial charge in [-0.1, -0.05) is 35.5 Å². The highest BCUT2D eigenvalue weighted by molar-refractivity contribution is 7.13. The van der Waals surface area contributed by atoms with Gasteiger partial charge in [-0.3, -0.25) is 4.68 Å². The summed E-state index contributed by atoms with van der Waals surface area (Å²) in [4.78, 5) is 4.62. The summed E-state index contributed by atoms with van der Waals surface area (Å²) < 4.78 is 14.8. The van der Waals surface area contributed by atoms with Gasteiger partial charge in [0.05, 0.1) is 11.9 Å². The van der Waals surface area contributed by atoms with Gasteiger partial charge in [0.15, 0.2) is 0 Å². The molecule has 0 unspecified atom stereocenters. The number of aryl methyl sites for hydroxylation is 2. The van der Waals surface area contributed by atoms with Crippen molar-refractivity contribution in [1.82, 2.24) is 20.0 Å². The van der Waals surface area contributed by atoms with Gasteiger partial charge in [-0.15, -0.1) is 16.4 Å². The minimum atomic E-state index is -0.235. The summed E-state index contributed by atoms with van der Waals surface area (Å²) >= 11 is 1.57. The minimum absolute atomic E-state index is 0.235. The lowest BCUT2D eigenvalue weighted by molar-refractivity contribution is 0.585. The van der Waals surface area contributed by atoms with Crippen LogP contribution >= 0.6 is 11.3 Å². The van der Waals surface area contributed by atoms with Crippen LogP contribution < -0.4 is 0 Å². The molecule has 4 aromatic rings. The molecule has 0 fully saturated rings. The Morgan fingerprint density at radius 3 is 2.56 bits per heavy atom. The van der Waals surface area contributed by atoms with Crippen LogP contribution in [0.2, 0.25) is 0 Å². The molecule has 0 spiro atoms. The van der Waals surface area contributed by atoms with E-state index in [-0.39, 0.29) is 5.82 Å². The molecule has 4 rings (SSSR count). The van der Waals surface area contributed by atoms with Crippen LogP contribution in [0.25, 0.3) is 21.8 Å². The minimum Gasteiger partial charge on any atom is -0.252 e. The maximum Gasteiger partial charge on any atom is 0.123 e. The molecule has 0 radical (unpaired) electrons. The lowest BCUT2D eigenvalue weighted by Gasteiger charge is -1.98. The summed E-state index contributed by atoms with van der Waals surface area (Å²) in [5, 5.41) is 11.3. The monoisotopic (exact) mass is 350 g/mol. The summed E-state index contributed by atoms with van der Waals surface area (Å²) in [6, 6.07) is 16.4. The normalized spacial score (nSPS) is 10.9. The van der Waals surface area contributed by atoms with Crippen LogP contribution in [0.1, 0.15) is 5.69 Å². The van der Waals surface area contributed by atoms with Crippen molar-refractivity contribution in [2.75, 3.05) is 0 Å². The van der Waals surface area contributed by atoms with Crippen LogP contribution in [-0.4, -0.2) is 20.0 Å². The van der Waals surface area contributed by atoms with Crippen molar-refractivity contribution in [2.45, 2.75) is 13.0 Å². The van der Waals surface area contributed by atoms with Gasteiger partial charge in [-0.25, -0.2) is 9.37 Å². The highest BCUT2D eigenvalue weighted by atomic mass is 32.1. The Morgan fingerprint density at radius 2 is 1.76 bits per heavy atom. The van der Waals surface area contributed by atoms with Crippen molar-refractivity contribution in [1.29, 1.82) is 0 Å². The van der Waals surface area contributed by atoms with E-state index in [1.165, 1.54) is 12.1 Å². The van der Waals surface area contributed by atoms with Gasteiger partial charge in [-0.05, 0) is 24.3 Å². The first-order chi connectivity index (χ1) is 12.3. The largest absolute Gasteiger partial charge is 0.252 e. The molecule has 2 aromatic carbocycles. The average molecular weight is 350 g/mol. The Labute approximate surface area is 148 Å². The first-order valence-electron chi connectivity index (χ1n) is 7.94. The van der Waals surface area contributed by atoms with Gasteiger partial charge in [0, 0.05) is 29.5 Å². The Balaban J connectivity index is 1.42. The maximum atomic E-state index is 13.0. The quantitative estimate of drug-likeness (QED) is 0.534. The zero-order valence-corrected chi connectivity index (χ0v) is 14.2. The average Bonchev–Trinajstić information content (AvgIpc) is 3.31. The Kier molecular flexibility index (Phi) is 4.35. The van der Waals surface area contributed by atoms with Crippen LogP contribution in [0.3, 0.4) is 0 Å². The van der Waals surface area contributed by atoms with Gasteiger partial charge < -0.3 is 0 Å². The van der Waals surface area contributed by atoms with E-state index in [0.717, 1.165) is 33.9 Å². The molecule has 0 N–H and O–H groups in total. The molecule has 0 saturated heterocycles. The van der Waals surface area contributed by atoms with E-state index in [2.05, 4.69) is 15.3 Å². The Bertz CT molecular complexity index is 961. The van der Waals surface area contributed by atoms with Crippen LogP contribution in [0.4, 0.5) is 4.39 Å². The summed E-state index contributed by atoms with van der Waals surface area (Å²) in [6.45, 7) is 0.715. The molecule has 0 aliphatic heterocycles. The van der Waals surface area contributed by atoms with Crippen LogP contribution in [0.5, 0.6) is 0 Å². The lowest BCUT2D eigenvalue weighted by Crippen LogP contribution is -2.02. The fraction of sp³-hybridized carbons (Fsp3) is 0.105. The topological polar surface area (TPSA) is 43.6 Å². The molecule has 0 amide bonds. The maximum absolute atomic E-state index is 13.0. The van der Waals surface area contributed by atoms with E-state index in [1.807, 2.05) is 46.6 Å². The number of rotatable bonds is 5. The second-order valence-electron chi connectivity index (χ2n) is 5.63. The molecule has 0 aliphatic rings. The van der Waals surface area contributed by atoms with E-state index in [0.29, 0.717) is 6.54 Å². The number of benzene rings is 2. The first kappa shape index (κ1) is 15.7. The van der Waals surface area contributed by atoms with Crippen LogP contribution in [0.15, 0.2) is 66.2 Å². The van der Waals surface area contributed by atoms with Crippen molar-refractivity contribution in [3.8, 4) is 21.8 Å². The third-order valence-electron chi connectivity index (χ3n) is 3.85. The number of nitrogens with zero attached hydrogens (tertiary/aromatic N) is 4. The van der Waals surface area contributed by atoms with Crippen LogP contribution in [-0.2, 0) is 13.0 Å². The van der Waals surface area contributed by atoms with Gasteiger partial charge in [0.25, 0.3) is 0 Å². The third-order valence-corrected chi connectivity index (χ3v) is 4.79. The second kappa shape index (κ2) is 6.94. The van der Waals surface area contributed by atoms with Gasteiger partial charge >= 0.3 is 0 Å². The number of aromatic nitrogens is 4. The van der Waals surface area contributed by atoms with E-state index in [9.17, 15) is 4.39 Å². The molecular formula is C19H15FN4S. The summed E-state index contributed by atoms with van der Waals surface area (Å²) in [5.74, 6) is -0.235. The van der Waals surface area contributed by atoms with E-state index in [1.54, 1.807) is 23.5 Å². The molecule has 25 heavy (non-hydrogen) atoms. The van der Waals surface area contributed by atoms with Crippen molar-refractivity contribution >= 4 is 11.3 Å². The number of halogens is 1. The predicted molar refractivity (Wildman–Crippen MR) is 96.7 cm³/mol. The first-order valence-corrected chi connectivity index (χ1v) is 8.82. The molecule has 0 atom stereocenters. The fourth-order valence-electron chi connectivity index (χ4n) is 2.52. The molecule has 2 heterocycles. The number of hydrogen-bond acceptors (Lipinski definition) is 4. The lowest BCUT2D eigenvalue weighted by atomic mass is 10.2. The zero-order chi connectivity index (χ0) is 17.1. The van der Waals surface area contributed by atoms with E-state index in [4.69, 9.17) is 0 Å². The molecule has 6 heteroatoms. The molecule has 4 nitrogen and oxygen atoms in total. The molecular weight excluding hydrogens is 335 g/mol. The molecule has 0 aliphatic carbocycles. The predicted octanol–water partition coefficient (Wildman–Crippen LogP) is 4.45. The Morgan fingerprint density at radius 1 is 0.960 bits per heavy atom. The molecule has 2 aromatic heterocycles. The second-order valence-corrected chi connectivity index (χ2v) is 6.49. The van der Waals surface area contributed by atoms with Crippen molar-refractivity contribution < 1.29 is 4.39 Å². The van der Waals surface area contributed by atoms with Gasteiger partial charge in [0.1, 0.15) is 16.5 Å². The number of hydrogen-bond donors (Lipinski definition) is 0.